The fraction of sp³-hybridized carbons (Fsp3) is 0.281. The Kier molecular flexibility index (Phi) is 21.8. The first kappa shape index (κ1) is 81.9. The Morgan fingerprint density at radius 2 is 0.431 bits per heavy atom. The van der Waals surface area contributed by atoms with Gasteiger partial charge in [-0.1, -0.05) is 205 Å². The van der Waals surface area contributed by atoms with Crippen LogP contribution in [-0.2, 0) is 0 Å². The predicted octanol–water partition coefficient (Wildman–Crippen LogP) is 34.6. The third-order valence-electron chi connectivity index (χ3n) is 27.5. The first-order chi connectivity index (χ1) is 64.1. The van der Waals surface area contributed by atoms with E-state index in [-0.39, 0.29) is 23.7 Å². The third-order valence-corrected chi connectivity index (χ3v) is 27.5. The highest BCUT2D eigenvalue weighted by molar-refractivity contribution is 6.07. The van der Waals surface area contributed by atoms with Gasteiger partial charge in [-0.25, -0.2) is 0 Å². The van der Waals surface area contributed by atoms with Crippen LogP contribution in [0.25, 0.3) is 55.6 Å². The predicted molar refractivity (Wildman–Crippen MR) is 519 cm³/mol. The molecule has 8 heterocycles. The van der Waals surface area contributed by atoms with Gasteiger partial charge in [-0.15, -0.1) is 0 Å². The summed E-state index contributed by atoms with van der Waals surface area (Å²) in [7, 11) is 0. The summed E-state index contributed by atoms with van der Waals surface area (Å²) in [6.45, 7) is 20.1. The monoisotopic (exact) mass is 1720 g/mol. The Hall–Kier alpha value is -13.9. The van der Waals surface area contributed by atoms with Crippen molar-refractivity contribution in [2.24, 2.45) is 23.7 Å². The molecule has 22 rings (SSSR count). The summed E-state index contributed by atoms with van der Waals surface area (Å²) in [6, 6.07) is 84.6. The molecule has 4 atom stereocenters. The minimum absolute atomic E-state index is 0.252. The molecule has 0 aromatic heterocycles. The van der Waals surface area contributed by atoms with E-state index in [0.717, 1.165) is 250 Å². The summed E-state index contributed by atoms with van der Waals surface area (Å²) in [5, 5.41) is 0. The van der Waals surface area contributed by atoms with Gasteiger partial charge in [0.2, 0.25) is 0 Å². The standard InChI is InChI=1S/C114H108N4O12/c1-9-17-33-69(13-5)65-119-103-61-87-107(127-99-49-29-45-95-111(99)115(87)83-37-21-25-41-91(83)123-95)57-75(103)73-53-74(76-58-108-88(62-104(76)120-66-70(14-6)34-18-10-2)116-84-38-22-26-42-92(84)124-96-46-30-50-100(128-108)112(96)116)55-78-77(54-73)79(81-59-109-89(63-105(81)121-67-71(15-7)35-19-11-3)117-85-39-23-27-43-93(85)125-97-47-31-51-101(129-109)113(97)117)56-80(78)82-60-110-90(64-106(82)122-68-72(16-8)36-20-12-4)118-86-40-24-28-44-94(86)126-98-48-32-52-102(130-110)114(98)118/h21-32,37-64,69-72H,9-20,33-36,65-68H2,1-8H3. The van der Waals surface area contributed by atoms with Crippen LogP contribution in [0, 0.1) is 23.7 Å². The van der Waals surface area contributed by atoms with Crippen LogP contribution >= 0.6 is 0 Å². The minimum Gasteiger partial charge on any atom is -0.493 e. The van der Waals surface area contributed by atoms with Crippen molar-refractivity contribution in [1.29, 1.82) is 0 Å². The number of para-hydroxylation sites is 12. The average Bonchev–Trinajstić information content (AvgIpc) is 1.53. The van der Waals surface area contributed by atoms with E-state index in [1.165, 1.54) is 0 Å². The number of benzene rings is 12. The molecule has 4 unspecified atom stereocenters. The molecule has 0 radical (unpaired) electrons. The van der Waals surface area contributed by atoms with Gasteiger partial charge in [-0.3, -0.25) is 19.6 Å². The molecule has 656 valence electrons. The van der Waals surface area contributed by atoms with Crippen molar-refractivity contribution in [1.82, 2.24) is 0 Å². The molecular formula is C114H108N4O12. The van der Waals surface area contributed by atoms with E-state index in [1.54, 1.807) is 0 Å². The summed E-state index contributed by atoms with van der Waals surface area (Å²) in [6.07, 6.45) is 16.4. The van der Waals surface area contributed by atoms with Gasteiger partial charge in [-0.2, -0.15) is 0 Å². The number of hydrogen-bond acceptors (Lipinski definition) is 16. The summed E-state index contributed by atoms with van der Waals surface area (Å²) in [5.41, 5.74) is 18.6. The lowest BCUT2D eigenvalue weighted by Gasteiger charge is -2.38. The molecular weight excluding hydrogens is 1620 g/mol. The molecule has 0 spiro atoms. The lowest BCUT2D eigenvalue weighted by atomic mass is 9.95. The van der Waals surface area contributed by atoms with Gasteiger partial charge in [0.25, 0.3) is 0 Å². The highest BCUT2D eigenvalue weighted by atomic mass is 16.5. The van der Waals surface area contributed by atoms with Crippen molar-refractivity contribution in [3.05, 3.63) is 243 Å². The minimum atomic E-state index is 0.252. The van der Waals surface area contributed by atoms with Crippen LogP contribution in [0.1, 0.15) is 158 Å². The van der Waals surface area contributed by atoms with Gasteiger partial charge in [0, 0.05) is 46.5 Å². The molecule has 0 N–H and O–H groups in total. The number of unbranched alkanes of at least 4 members (excludes halogenated alkanes) is 4. The van der Waals surface area contributed by atoms with Crippen LogP contribution < -0.4 is 76.4 Å². The van der Waals surface area contributed by atoms with Gasteiger partial charge in [0.05, 0.1) is 71.9 Å². The van der Waals surface area contributed by atoms with Crippen molar-refractivity contribution < 1.29 is 56.8 Å². The van der Waals surface area contributed by atoms with Crippen molar-refractivity contribution in [2.75, 3.05) is 46.0 Å². The maximum absolute atomic E-state index is 7.75. The van der Waals surface area contributed by atoms with Crippen LogP contribution in [0.2, 0.25) is 0 Å². The number of anilines is 12. The molecule has 0 amide bonds. The third kappa shape index (κ3) is 14.4. The normalized spacial score (nSPS) is 14.3. The zero-order chi connectivity index (χ0) is 87.8. The highest BCUT2D eigenvalue weighted by Gasteiger charge is 2.43. The van der Waals surface area contributed by atoms with E-state index in [2.05, 4.69) is 196 Å². The molecule has 8 aliphatic heterocycles. The molecule has 0 fully saturated rings. The van der Waals surface area contributed by atoms with Crippen LogP contribution in [0.15, 0.2) is 243 Å². The highest BCUT2D eigenvalue weighted by Crippen LogP contribution is 2.68. The summed E-state index contributed by atoms with van der Waals surface area (Å²) in [5.74, 6) is 14.7. The van der Waals surface area contributed by atoms with Gasteiger partial charge < -0.3 is 56.8 Å². The van der Waals surface area contributed by atoms with Gasteiger partial charge in [0.1, 0.15) is 45.7 Å². The molecule has 16 nitrogen and oxygen atoms in total. The Morgan fingerprint density at radius 3 is 0.685 bits per heavy atom. The molecule has 12 aromatic carbocycles. The molecule has 0 saturated carbocycles. The smallest absolute Gasteiger partial charge is 0.155 e. The number of fused-ring (bicyclic) bond motifs is 17. The average molecular weight is 1730 g/mol. The van der Waals surface area contributed by atoms with E-state index in [4.69, 9.17) is 56.8 Å². The first-order valence-electron chi connectivity index (χ1n) is 47.4. The van der Waals surface area contributed by atoms with Gasteiger partial charge in [0.15, 0.2) is 92.0 Å². The molecule has 0 bridgehead atoms. The number of nitrogens with zero attached hydrogens (tertiary/aromatic N) is 4. The maximum atomic E-state index is 7.75. The van der Waals surface area contributed by atoms with E-state index in [9.17, 15) is 0 Å². The zero-order valence-electron chi connectivity index (χ0n) is 75.2. The molecule has 2 aliphatic carbocycles. The van der Waals surface area contributed by atoms with Crippen molar-refractivity contribution in [3.8, 4) is 171 Å². The second kappa shape index (κ2) is 34.6. The fourth-order valence-electron chi connectivity index (χ4n) is 20.1. The van der Waals surface area contributed by atoms with Crippen molar-refractivity contribution >= 4 is 68.2 Å². The van der Waals surface area contributed by atoms with Crippen molar-refractivity contribution in [3.63, 3.8) is 0 Å². The Balaban J connectivity index is 0.860. The zero-order valence-corrected chi connectivity index (χ0v) is 75.2. The molecule has 16 heteroatoms. The summed E-state index contributed by atoms with van der Waals surface area (Å²) < 4.78 is 87.7. The quantitative estimate of drug-likeness (QED) is 0.0397. The second-order valence-electron chi connectivity index (χ2n) is 35.8. The fourth-order valence-corrected chi connectivity index (χ4v) is 20.1. The first-order valence-corrected chi connectivity index (χ1v) is 47.4. The summed E-state index contributed by atoms with van der Waals surface area (Å²) >= 11 is 0. The second-order valence-corrected chi connectivity index (χ2v) is 35.8. The lowest BCUT2D eigenvalue weighted by Crippen LogP contribution is -2.20. The topological polar surface area (TPSA) is 124 Å². The van der Waals surface area contributed by atoms with E-state index in [1.807, 2.05) is 121 Å². The summed E-state index contributed by atoms with van der Waals surface area (Å²) in [4.78, 5) is 9.18. The van der Waals surface area contributed by atoms with Crippen LogP contribution in [0.4, 0.5) is 68.2 Å². The lowest BCUT2D eigenvalue weighted by molar-refractivity contribution is 0.234. The van der Waals surface area contributed by atoms with Crippen LogP contribution in [0.5, 0.6) is 115 Å². The van der Waals surface area contributed by atoms with E-state index in [0.29, 0.717) is 118 Å². The number of rotatable bonds is 32. The van der Waals surface area contributed by atoms with Crippen LogP contribution in [0.3, 0.4) is 0 Å². The van der Waals surface area contributed by atoms with E-state index >= 15 is 0 Å². The molecule has 10 aliphatic rings. The Morgan fingerprint density at radius 1 is 0.208 bits per heavy atom. The SMILES string of the molecule is CCCCC(CC)COc1cc2c(cc1-c1cc(-c3cc4c(cc3OCC(CC)CCCC)N3c5ccccc5Oc5cccc(c53)O4)cc3c(-c4cc5c(cc4OCC(CC)CCCC)N4c6ccccc6Oc6cccc(c64)O5)cc(-c4cc5c(cc4OCC(CC)CCCC)N4c6ccccc6Oc6cccc(c64)O5)c-3c1)Oc1cccc3c1N2c1ccccc1O3. The maximum Gasteiger partial charge on any atom is 0.155 e. The van der Waals surface area contributed by atoms with Crippen molar-refractivity contribution in [2.45, 2.75) is 158 Å². The molecule has 12 aromatic rings. The van der Waals surface area contributed by atoms with Crippen LogP contribution in [-0.4, -0.2) is 26.4 Å². The molecule has 130 heavy (non-hydrogen) atoms. The molecule has 0 saturated heterocycles. The number of ether oxygens (including phenoxy) is 12. The Bertz CT molecular complexity index is 6300. The number of hydrogen-bond donors (Lipinski definition) is 0. The van der Waals surface area contributed by atoms with Gasteiger partial charge in [-0.05, 0) is 228 Å². The largest absolute Gasteiger partial charge is 0.493 e. The Labute approximate surface area is 761 Å². The van der Waals surface area contributed by atoms with Gasteiger partial charge >= 0.3 is 0 Å². The van der Waals surface area contributed by atoms with E-state index < -0.39 is 0 Å².